The predicted octanol–water partition coefficient (Wildman–Crippen LogP) is 4.58. The molecule has 2 aromatic rings. The molecule has 17 heavy (non-hydrogen) atoms. The maximum absolute atomic E-state index is 6.14. The van der Waals surface area contributed by atoms with Gasteiger partial charge < -0.3 is 11.1 Å². The van der Waals surface area contributed by atoms with Crippen molar-refractivity contribution in [1.82, 2.24) is 0 Å². The Labute approximate surface area is 119 Å². The van der Waals surface area contributed by atoms with E-state index in [4.69, 9.17) is 17.3 Å². The minimum absolute atomic E-state index is 0.710. The summed E-state index contributed by atoms with van der Waals surface area (Å²) >= 11 is 8.40. The van der Waals surface area contributed by atoms with E-state index in [0.717, 1.165) is 26.2 Å². The van der Waals surface area contributed by atoms with Gasteiger partial charge in [-0.2, -0.15) is 0 Å². The standard InChI is InChI=1S/C13H12ClIN2/c1-8-6-10(16)3-5-12(8)17-13-7-9(15)2-4-11(13)14/h2-7,17H,16H2,1H3. The molecule has 88 valence electrons. The highest BCUT2D eigenvalue weighted by molar-refractivity contribution is 14.1. The summed E-state index contributed by atoms with van der Waals surface area (Å²) in [5, 5.41) is 4.03. The number of halogens is 2. The molecule has 0 bridgehead atoms. The van der Waals surface area contributed by atoms with Crippen molar-refractivity contribution >= 4 is 51.3 Å². The molecule has 0 spiro atoms. The summed E-state index contributed by atoms with van der Waals surface area (Å²) in [5.74, 6) is 0. The number of nitrogens with two attached hydrogens (primary N) is 1. The van der Waals surface area contributed by atoms with E-state index in [1.165, 1.54) is 0 Å². The van der Waals surface area contributed by atoms with Gasteiger partial charge in [0.1, 0.15) is 0 Å². The van der Waals surface area contributed by atoms with Crippen LogP contribution in [0.1, 0.15) is 5.56 Å². The van der Waals surface area contributed by atoms with Crippen LogP contribution in [-0.2, 0) is 0 Å². The lowest BCUT2D eigenvalue weighted by molar-refractivity contribution is 1.43. The van der Waals surface area contributed by atoms with Crippen LogP contribution < -0.4 is 11.1 Å². The molecule has 2 aromatic carbocycles. The third kappa shape index (κ3) is 3.04. The zero-order valence-electron chi connectivity index (χ0n) is 9.30. The van der Waals surface area contributed by atoms with Gasteiger partial charge in [0.05, 0.1) is 10.7 Å². The second kappa shape index (κ2) is 5.14. The monoisotopic (exact) mass is 358 g/mol. The topological polar surface area (TPSA) is 38.0 Å². The molecule has 4 heteroatoms. The predicted molar refractivity (Wildman–Crippen MR) is 83.0 cm³/mol. The fourth-order valence-electron chi connectivity index (χ4n) is 1.57. The molecule has 0 unspecified atom stereocenters. The molecule has 3 N–H and O–H groups in total. The maximum Gasteiger partial charge on any atom is 0.0641 e. The molecule has 2 rings (SSSR count). The Bertz CT molecular complexity index is 555. The highest BCUT2D eigenvalue weighted by Gasteiger charge is 2.04. The highest BCUT2D eigenvalue weighted by Crippen LogP contribution is 2.29. The second-order valence-electron chi connectivity index (χ2n) is 3.82. The molecule has 0 atom stereocenters. The van der Waals surface area contributed by atoms with Crippen molar-refractivity contribution in [1.29, 1.82) is 0 Å². The van der Waals surface area contributed by atoms with Gasteiger partial charge in [-0.05, 0) is 71.5 Å². The normalized spacial score (nSPS) is 10.3. The molecule has 0 aliphatic carbocycles. The zero-order valence-corrected chi connectivity index (χ0v) is 12.2. The molecular weight excluding hydrogens is 347 g/mol. The number of anilines is 3. The van der Waals surface area contributed by atoms with E-state index in [2.05, 4.69) is 27.9 Å². The van der Waals surface area contributed by atoms with Crippen molar-refractivity contribution in [2.45, 2.75) is 6.92 Å². The van der Waals surface area contributed by atoms with Crippen LogP contribution in [0.25, 0.3) is 0 Å². The fraction of sp³-hybridized carbons (Fsp3) is 0.0769. The first-order valence-electron chi connectivity index (χ1n) is 5.14. The van der Waals surface area contributed by atoms with Crippen LogP contribution in [0.2, 0.25) is 5.02 Å². The van der Waals surface area contributed by atoms with Gasteiger partial charge in [-0.25, -0.2) is 0 Å². The van der Waals surface area contributed by atoms with Crippen LogP contribution in [0.15, 0.2) is 36.4 Å². The first-order chi connectivity index (χ1) is 8.06. The van der Waals surface area contributed by atoms with Crippen LogP contribution in [0.5, 0.6) is 0 Å². The molecular formula is C13H12ClIN2. The van der Waals surface area contributed by atoms with Gasteiger partial charge in [0, 0.05) is 14.9 Å². The Morgan fingerprint density at radius 2 is 1.88 bits per heavy atom. The Kier molecular flexibility index (Phi) is 3.79. The summed E-state index contributed by atoms with van der Waals surface area (Å²) in [6.07, 6.45) is 0. The second-order valence-corrected chi connectivity index (χ2v) is 5.48. The lowest BCUT2D eigenvalue weighted by Crippen LogP contribution is -1.95. The summed E-state index contributed by atoms with van der Waals surface area (Å²) in [5.41, 5.74) is 9.51. The van der Waals surface area contributed by atoms with Crippen LogP contribution in [0, 0.1) is 10.5 Å². The molecule has 0 saturated carbocycles. The zero-order chi connectivity index (χ0) is 12.4. The van der Waals surface area contributed by atoms with Crippen LogP contribution >= 0.6 is 34.2 Å². The number of rotatable bonds is 2. The van der Waals surface area contributed by atoms with E-state index in [9.17, 15) is 0 Å². The molecule has 0 aliphatic rings. The molecule has 0 heterocycles. The number of nitrogens with one attached hydrogen (secondary N) is 1. The smallest absolute Gasteiger partial charge is 0.0641 e. The summed E-state index contributed by atoms with van der Waals surface area (Å²) in [7, 11) is 0. The SMILES string of the molecule is Cc1cc(N)ccc1Nc1cc(I)ccc1Cl. The lowest BCUT2D eigenvalue weighted by atomic mass is 10.1. The highest BCUT2D eigenvalue weighted by atomic mass is 127. The summed E-state index contributed by atoms with van der Waals surface area (Å²) in [6.45, 7) is 2.01. The van der Waals surface area contributed by atoms with Crippen molar-refractivity contribution in [2.75, 3.05) is 11.1 Å². The van der Waals surface area contributed by atoms with Gasteiger partial charge in [0.15, 0.2) is 0 Å². The minimum Gasteiger partial charge on any atom is -0.399 e. The number of benzene rings is 2. The molecule has 0 amide bonds. The van der Waals surface area contributed by atoms with Crippen molar-refractivity contribution in [3.8, 4) is 0 Å². The van der Waals surface area contributed by atoms with Crippen molar-refractivity contribution < 1.29 is 0 Å². The van der Waals surface area contributed by atoms with Crippen molar-refractivity contribution in [3.05, 3.63) is 50.6 Å². The van der Waals surface area contributed by atoms with E-state index in [0.29, 0.717) is 5.02 Å². The van der Waals surface area contributed by atoms with E-state index >= 15 is 0 Å². The van der Waals surface area contributed by atoms with Gasteiger partial charge in [-0.3, -0.25) is 0 Å². The van der Waals surface area contributed by atoms with Gasteiger partial charge in [0.25, 0.3) is 0 Å². The number of nitrogen functional groups attached to an aromatic ring is 1. The van der Waals surface area contributed by atoms with E-state index in [-0.39, 0.29) is 0 Å². The molecule has 0 fully saturated rings. The lowest BCUT2D eigenvalue weighted by Gasteiger charge is -2.12. The largest absolute Gasteiger partial charge is 0.399 e. The van der Waals surface area contributed by atoms with Gasteiger partial charge in [-0.15, -0.1) is 0 Å². The third-order valence-electron chi connectivity index (χ3n) is 2.45. The first kappa shape index (κ1) is 12.5. The average molecular weight is 359 g/mol. The van der Waals surface area contributed by atoms with Crippen molar-refractivity contribution in [2.24, 2.45) is 0 Å². The van der Waals surface area contributed by atoms with Crippen LogP contribution in [0.3, 0.4) is 0 Å². The molecule has 0 radical (unpaired) electrons. The first-order valence-corrected chi connectivity index (χ1v) is 6.60. The number of hydrogen-bond acceptors (Lipinski definition) is 2. The Balaban J connectivity index is 2.34. The van der Waals surface area contributed by atoms with Crippen molar-refractivity contribution in [3.63, 3.8) is 0 Å². The Hall–Kier alpha value is -0.940. The number of aryl methyl sites for hydroxylation is 1. The van der Waals surface area contributed by atoms with Gasteiger partial charge in [0.2, 0.25) is 0 Å². The molecule has 0 aliphatic heterocycles. The van der Waals surface area contributed by atoms with Gasteiger partial charge in [-0.1, -0.05) is 11.6 Å². The van der Waals surface area contributed by atoms with Gasteiger partial charge >= 0.3 is 0 Å². The summed E-state index contributed by atoms with van der Waals surface area (Å²) < 4.78 is 1.14. The molecule has 2 nitrogen and oxygen atoms in total. The number of hydrogen-bond donors (Lipinski definition) is 2. The fourth-order valence-corrected chi connectivity index (χ4v) is 2.22. The van der Waals surface area contributed by atoms with E-state index in [1.54, 1.807) is 0 Å². The summed E-state index contributed by atoms with van der Waals surface area (Å²) in [6, 6.07) is 11.6. The van der Waals surface area contributed by atoms with Crippen LogP contribution in [-0.4, -0.2) is 0 Å². The van der Waals surface area contributed by atoms with Crippen LogP contribution in [0.4, 0.5) is 17.1 Å². The minimum atomic E-state index is 0.710. The molecule has 0 saturated heterocycles. The Morgan fingerprint density at radius 1 is 1.12 bits per heavy atom. The maximum atomic E-state index is 6.14. The Morgan fingerprint density at radius 3 is 2.59 bits per heavy atom. The van der Waals surface area contributed by atoms with E-state index < -0.39 is 0 Å². The quantitative estimate of drug-likeness (QED) is 0.609. The molecule has 0 aromatic heterocycles. The summed E-state index contributed by atoms with van der Waals surface area (Å²) in [4.78, 5) is 0. The van der Waals surface area contributed by atoms with E-state index in [1.807, 2.05) is 43.3 Å². The third-order valence-corrected chi connectivity index (χ3v) is 3.45. The average Bonchev–Trinajstić information content (AvgIpc) is 2.27.